The number of hydrazine groups is 1. The summed E-state index contributed by atoms with van der Waals surface area (Å²) in [5.74, 6) is 5.44. The van der Waals surface area contributed by atoms with Gasteiger partial charge in [0.05, 0.1) is 9.95 Å². The Labute approximate surface area is 89.2 Å². The zero-order valence-electron chi connectivity index (χ0n) is 7.37. The van der Waals surface area contributed by atoms with Gasteiger partial charge in [-0.05, 0) is 0 Å². The second-order valence-electron chi connectivity index (χ2n) is 2.37. The summed E-state index contributed by atoms with van der Waals surface area (Å²) in [6, 6.07) is 1.12. The van der Waals surface area contributed by atoms with Gasteiger partial charge in [0.15, 0.2) is 5.82 Å². The van der Waals surface area contributed by atoms with Gasteiger partial charge >= 0.3 is 0 Å². The van der Waals surface area contributed by atoms with E-state index in [9.17, 15) is 10.1 Å². The fourth-order valence-corrected chi connectivity index (χ4v) is 1.06. The van der Waals surface area contributed by atoms with Crippen LogP contribution in [0.15, 0.2) is 17.4 Å². The Kier molecular flexibility index (Phi) is 3.37. The van der Waals surface area contributed by atoms with E-state index >= 15 is 0 Å². The number of nitro groups is 1. The predicted molar refractivity (Wildman–Crippen MR) is 55.2 cm³/mol. The van der Waals surface area contributed by atoms with Crippen molar-refractivity contribution < 1.29 is 4.92 Å². The number of nitrogens with two attached hydrogens (primary N) is 2. The van der Waals surface area contributed by atoms with Gasteiger partial charge < -0.3 is 5.73 Å². The van der Waals surface area contributed by atoms with Crippen LogP contribution < -0.4 is 16.7 Å². The van der Waals surface area contributed by atoms with Crippen LogP contribution in [0.25, 0.3) is 0 Å². The molecule has 0 aliphatic rings. The van der Waals surface area contributed by atoms with Crippen molar-refractivity contribution in [2.75, 3.05) is 5.12 Å². The second-order valence-corrected chi connectivity index (χ2v) is 2.77. The van der Waals surface area contributed by atoms with E-state index < -0.39 is 4.92 Å². The molecule has 1 aromatic heterocycles. The highest BCUT2D eigenvalue weighted by Gasteiger charge is 2.13. The van der Waals surface area contributed by atoms with Crippen molar-refractivity contribution in [3.8, 4) is 0 Å². The average molecular weight is 231 g/mol. The van der Waals surface area contributed by atoms with Gasteiger partial charge in [0.25, 0.3) is 5.69 Å². The number of rotatable bonds is 3. The summed E-state index contributed by atoms with van der Waals surface area (Å²) in [7, 11) is 0. The van der Waals surface area contributed by atoms with Crippen molar-refractivity contribution in [1.82, 2.24) is 4.98 Å². The lowest BCUT2D eigenvalue weighted by molar-refractivity contribution is -0.385. The van der Waals surface area contributed by atoms with E-state index in [1.54, 1.807) is 0 Å². The van der Waals surface area contributed by atoms with Crippen molar-refractivity contribution in [3.63, 3.8) is 0 Å². The fourth-order valence-electron chi connectivity index (χ4n) is 0.816. The minimum Gasteiger partial charge on any atom is -0.388 e. The third-order valence-electron chi connectivity index (χ3n) is 1.43. The third-order valence-corrected chi connectivity index (χ3v) is 1.70. The van der Waals surface area contributed by atoms with Crippen LogP contribution in [0.4, 0.5) is 11.5 Å². The van der Waals surface area contributed by atoms with Gasteiger partial charge in [-0.1, -0.05) is 11.6 Å². The first-order chi connectivity index (χ1) is 7.06. The van der Waals surface area contributed by atoms with E-state index in [1.165, 1.54) is 0 Å². The normalized spacial score (nSPS) is 10.5. The van der Waals surface area contributed by atoms with E-state index in [2.05, 4.69) is 10.1 Å². The molecule has 0 saturated carbocycles. The number of hydrogen-bond acceptors (Lipinski definition) is 6. The standard InChI is InChI=1S/C6H7ClN6O2/c7-5-1-4(13(14)15)2-10-6(5)12(9)11-3-8/h1-3H,9H2,(H2,8,11). The number of nitrogens with zero attached hydrogens (tertiary/aromatic N) is 4. The number of pyridine rings is 1. The van der Waals surface area contributed by atoms with Crippen LogP contribution in [0.2, 0.25) is 5.02 Å². The molecule has 1 rings (SSSR count). The molecule has 4 N–H and O–H groups in total. The molecule has 0 amide bonds. The molecule has 0 aliphatic heterocycles. The number of hydrogen-bond donors (Lipinski definition) is 2. The Balaban J connectivity index is 3.08. The molecule has 1 aromatic rings. The SMILES string of the molecule is N/C=N\N(N)c1ncc([N+](=O)[O-])cc1Cl. The van der Waals surface area contributed by atoms with Crippen LogP contribution >= 0.6 is 11.6 Å². The molecule has 15 heavy (non-hydrogen) atoms. The molecule has 9 heteroatoms. The monoisotopic (exact) mass is 230 g/mol. The smallest absolute Gasteiger partial charge is 0.289 e. The summed E-state index contributed by atoms with van der Waals surface area (Å²) in [6.07, 6.45) is 1.96. The van der Waals surface area contributed by atoms with Gasteiger partial charge in [-0.2, -0.15) is 5.12 Å². The molecule has 0 unspecified atom stereocenters. The highest BCUT2D eigenvalue weighted by atomic mass is 35.5. The first-order valence-electron chi connectivity index (χ1n) is 3.65. The maximum Gasteiger partial charge on any atom is 0.289 e. The zero-order chi connectivity index (χ0) is 11.4. The molecule has 0 saturated heterocycles. The van der Waals surface area contributed by atoms with E-state index in [-0.39, 0.29) is 16.5 Å². The lowest BCUT2D eigenvalue weighted by Crippen LogP contribution is -2.26. The van der Waals surface area contributed by atoms with Crippen molar-refractivity contribution in [1.29, 1.82) is 0 Å². The Morgan fingerprint density at radius 2 is 2.40 bits per heavy atom. The first kappa shape index (κ1) is 11.1. The molecule has 0 aliphatic carbocycles. The van der Waals surface area contributed by atoms with Crippen LogP contribution in [0.3, 0.4) is 0 Å². The summed E-state index contributed by atoms with van der Waals surface area (Å²) in [5, 5.41) is 14.7. The molecular formula is C6H7ClN6O2. The predicted octanol–water partition coefficient (Wildman–Crippen LogP) is 0.225. The maximum absolute atomic E-state index is 10.4. The lowest BCUT2D eigenvalue weighted by Gasteiger charge is -2.10. The summed E-state index contributed by atoms with van der Waals surface area (Å²) >= 11 is 5.70. The number of hydrazone groups is 1. The van der Waals surface area contributed by atoms with E-state index in [4.69, 9.17) is 23.2 Å². The van der Waals surface area contributed by atoms with E-state index in [1.807, 2.05) is 0 Å². The van der Waals surface area contributed by atoms with E-state index in [0.717, 1.165) is 23.7 Å². The fraction of sp³-hybridized carbons (Fsp3) is 0. The van der Waals surface area contributed by atoms with Gasteiger partial charge in [0.2, 0.25) is 0 Å². The van der Waals surface area contributed by atoms with Crippen molar-refractivity contribution in [2.45, 2.75) is 0 Å². The third kappa shape index (κ3) is 2.51. The molecule has 0 bridgehead atoms. The van der Waals surface area contributed by atoms with Gasteiger partial charge in [-0.15, -0.1) is 5.10 Å². The molecule has 0 aromatic carbocycles. The lowest BCUT2D eigenvalue weighted by atomic mass is 10.4. The van der Waals surface area contributed by atoms with Crippen LogP contribution in [0.5, 0.6) is 0 Å². The largest absolute Gasteiger partial charge is 0.388 e. The Morgan fingerprint density at radius 3 is 2.87 bits per heavy atom. The summed E-state index contributed by atoms with van der Waals surface area (Å²) in [6.45, 7) is 0. The van der Waals surface area contributed by atoms with Crippen LogP contribution in [-0.2, 0) is 0 Å². The second kappa shape index (κ2) is 4.53. The quantitative estimate of drug-likeness (QED) is 0.252. The van der Waals surface area contributed by atoms with Gasteiger partial charge in [-0.3, -0.25) is 10.1 Å². The summed E-state index contributed by atoms with van der Waals surface area (Å²) < 4.78 is 0. The first-order valence-corrected chi connectivity index (χ1v) is 4.03. The number of anilines is 1. The minimum absolute atomic E-state index is 0.0114. The molecule has 0 radical (unpaired) electrons. The van der Waals surface area contributed by atoms with Crippen molar-refractivity contribution in [2.24, 2.45) is 16.7 Å². The van der Waals surface area contributed by atoms with E-state index in [0.29, 0.717) is 0 Å². The Hall–Kier alpha value is -1.93. The molecule has 1 heterocycles. The maximum atomic E-state index is 10.4. The van der Waals surface area contributed by atoms with Gasteiger partial charge in [0.1, 0.15) is 12.5 Å². The van der Waals surface area contributed by atoms with Gasteiger partial charge in [0, 0.05) is 6.07 Å². The molecular weight excluding hydrogens is 224 g/mol. The molecule has 8 nitrogen and oxygen atoms in total. The molecule has 0 atom stereocenters. The minimum atomic E-state index is -0.615. The zero-order valence-corrected chi connectivity index (χ0v) is 8.13. The number of aromatic nitrogens is 1. The van der Waals surface area contributed by atoms with Crippen LogP contribution in [0.1, 0.15) is 0 Å². The van der Waals surface area contributed by atoms with Gasteiger partial charge in [-0.25, -0.2) is 10.8 Å². The summed E-state index contributed by atoms with van der Waals surface area (Å²) in [5.41, 5.74) is 4.77. The Morgan fingerprint density at radius 1 is 1.73 bits per heavy atom. The molecule has 0 fully saturated rings. The molecule has 0 spiro atoms. The summed E-state index contributed by atoms with van der Waals surface area (Å²) in [4.78, 5) is 13.4. The molecule has 80 valence electrons. The van der Waals surface area contributed by atoms with Crippen molar-refractivity contribution >= 4 is 29.4 Å². The Bertz CT molecular complexity index is 409. The topological polar surface area (TPSA) is 124 Å². The van der Waals surface area contributed by atoms with Crippen LogP contribution in [-0.4, -0.2) is 16.2 Å². The average Bonchev–Trinajstić information content (AvgIpc) is 2.17. The van der Waals surface area contributed by atoms with Crippen LogP contribution in [0, 0.1) is 10.1 Å². The highest BCUT2D eigenvalue weighted by molar-refractivity contribution is 6.33. The highest BCUT2D eigenvalue weighted by Crippen LogP contribution is 2.25. The van der Waals surface area contributed by atoms with Crippen molar-refractivity contribution in [3.05, 3.63) is 27.4 Å². The number of halogens is 1.